The lowest BCUT2D eigenvalue weighted by Crippen LogP contribution is -2.48. The zero-order valence-electron chi connectivity index (χ0n) is 20.1. The van der Waals surface area contributed by atoms with Gasteiger partial charge in [0.25, 0.3) is 5.91 Å². The Balaban J connectivity index is 1.17. The second-order valence-electron chi connectivity index (χ2n) is 9.19. The number of morpholine rings is 1. The Morgan fingerprint density at radius 3 is 2.57 bits per heavy atom. The normalized spacial score (nSPS) is 18.5. The number of amides is 1. The smallest absolute Gasteiger partial charge is 0.264 e. The van der Waals surface area contributed by atoms with Gasteiger partial charge in [0, 0.05) is 45.8 Å². The van der Waals surface area contributed by atoms with Crippen molar-refractivity contribution in [2.45, 2.75) is 20.4 Å². The summed E-state index contributed by atoms with van der Waals surface area (Å²) < 4.78 is 16.4. The fourth-order valence-electron chi connectivity index (χ4n) is 4.98. The van der Waals surface area contributed by atoms with Crippen molar-refractivity contribution in [1.29, 1.82) is 0 Å². The van der Waals surface area contributed by atoms with E-state index in [0.29, 0.717) is 26.3 Å². The fraction of sp³-hybridized carbons (Fsp3) is 0.480. The van der Waals surface area contributed by atoms with Crippen molar-refractivity contribution in [3.63, 3.8) is 0 Å². The standard InChI is InChI=1S/C25H29N5O4S/c1-16-21-23(29-9-11-32-12-10-29)26-17(2)27-24(21)35-22(16)25(31)30-7-5-28(6-8-30)14-18-3-4-19-20(13-18)34-15-33-19/h3-4,13H,5-12,14-15H2,1-2H3. The molecular formula is C25H29N5O4S. The molecule has 3 aliphatic rings. The molecule has 0 saturated carbocycles. The molecule has 1 aromatic carbocycles. The average Bonchev–Trinajstić information content (AvgIpc) is 3.48. The number of carbonyl (C=O) groups excluding carboxylic acids is 1. The summed E-state index contributed by atoms with van der Waals surface area (Å²) in [5.41, 5.74) is 2.18. The predicted octanol–water partition coefficient (Wildman–Crippen LogP) is 2.83. The van der Waals surface area contributed by atoms with Crippen molar-refractivity contribution < 1.29 is 19.0 Å². The largest absolute Gasteiger partial charge is 0.454 e. The van der Waals surface area contributed by atoms with Gasteiger partial charge in [-0.25, -0.2) is 9.97 Å². The first-order valence-corrected chi connectivity index (χ1v) is 12.9. The van der Waals surface area contributed by atoms with Gasteiger partial charge in [0.05, 0.1) is 23.5 Å². The third-order valence-electron chi connectivity index (χ3n) is 6.89. The number of aromatic nitrogens is 2. The van der Waals surface area contributed by atoms with Crippen LogP contribution in [0.2, 0.25) is 0 Å². The highest BCUT2D eigenvalue weighted by Gasteiger charge is 2.28. The first-order chi connectivity index (χ1) is 17.1. The predicted molar refractivity (Wildman–Crippen MR) is 134 cm³/mol. The first kappa shape index (κ1) is 22.5. The zero-order valence-corrected chi connectivity index (χ0v) is 20.9. The molecule has 3 aliphatic heterocycles. The molecule has 0 spiro atoms. The van der Waals surface area contributed by atoms with Gasteiger partial charge in [-0.15, -0.1) is 11.3 Å². The number of carbonyl (C=O) groups is 1. The Morgan fingerprint density at radius 2 is 1.77 bits per heavy atom. The van der Waals surface area contributed by atoms with E-state index >= 15 is 0 Å². The van der Waals surface area contributed by atoms with Crippen LogP contribution < -0.4 is 14.4 Å². The van der Waals surface area contributed by atoms with E-state index in [-0.39, 0.29) is 12.7 Å². The topological polar surface area (TPSA) is 80.3 Å². The van der Waals surface area contributed by atoms with Gasteiger partial charge < -0.3 is 24.0 Å². The number of piperazine rings is 1. The molecule has 3 aromatic rings. The van der Waals surface area contributed by atoms with E-state index in [1.54, 1.807) is 0 Å². The van der Waals surface area contributed by atoms with Crippen molar-refractivity contribution in [3.8, 4) is 11.5 Å². The van der Waals surface area contributed by atoms with Crippen molar-refractivity contribution in [1.82, 2.24) is 19.8 Å². The van der Waals surface area contributed by atoms with Crippen LogP contribution in [0, 0.1) is 13.8 Å². The molecule has 0 radical (unpaired) electrons. The Bertz CT molecular complexity index is 1260. The van der Waals surface area contributed by atoms with Crippen molar-refractivity contribution >= 4 is 33.3 Å². The summed E-state index contributed by atoms with van der Waals surface area (Å²) in [5.74, 6) is 3.37. The number of ether oxygens (including phenoxy) is 3. The lowest BCUT2D eigenvalue weighted by molar-refractivity contribution is 0.0632. The number of nitrogens with zero attached hydrogens (tertiary/aromatic N) is 5. The second-order valence-corrected chi connectivity index (χ2v) is 10.2. The minimum Gasteiger partial charge on any atom is -0.454 e. The lowest BCUT2D eigenvalue weighted by Gasteiger charge is -2.34. The number of hydrogen-bond donors (Lipinski definition) is 0. The maximum absolute atomic E-state index is 13.6. The van der Waals surface area contributed by atoms with Crippen LogP contribution in [0.15, 0.2) is 18.2 Å². The zero-order chi connectivity index (χ0) is 23.9. The number of benzene rings is 1. The van der Waals surface area contributed by atoms with Gasteiger partial charge in [0.15, 0.2) is 11.5 Å². The molecule has 9 nitrogen and oxygen atoms in total. The molecule has 5 heterocycles. The van der Waals surface area contributed by atoms with Gasteiger partial charge >= 0.3 is 0 Å². The molecule has 2 aromatic heterocycles. The molecular weight excluding hydrogens is 466 g/mol. The minimum absolute atomic E-state index is 0.0961. The molecule has 35 heavy (non-hydrogen) atoms. The third kappa shape index (κ3) is 4.30. The molecule has 0 N–H and O–H groups in total. The van der Waals surface area contributed by atoms with Crippen LogP contribution in [0.4, 0.5) is 5.82 Å². The van der Waals surface area contributed by atoms with Crippen molar-refractivity contribution in [2.75, 3.05) is 64.2 Å². The number of hydrogen-bond acceptors (Lipinski definition) is 9. The molecule has 0 aliphatic carbocycles. The van der Waals surface area contributed by atoms with Gasteiger partial charge in [-0.3, -0.25) is 9.69 Å². The van der Waals surface area contributed by atoms with Gasteiger partial charge in [-0.2, -0.15) is 0 Å². The fourth-order valence-corrected chi connectivity index (χ4v) is 6.17. The summed E-state index contributed by atoms with van der Waals surface area (Å²) >= 11 is 1.49. The molecule has 1 amide bonds. The molecule has 184 valence electrons. The van der Waals surface area contributed by atoms with Crippen LogP contribution in [-0.2, 0) is 11.3 Å². The number of thiophene rings is 1. The van der Waals surface area contributed by atoms with E-state index in [1.165, 1.54) is 16.9 Å². The first-order valence-electron chi connectivity index (χ1n) is 12.1. The number of rotatable bonds is 4. The second kappa shape index (κ2) is 9.25. The summed E-state index contributed by atoms with van der Waals surface area (Å²) in [6.07, 6.45) is 0. The molecule has 6 rings (SSSR count). The molecule has 2 fully saturated rings. The van der Waals surface area contributed by atoms with Crippen LogP contribution in [0.25, 0.3) is 10.2 Å². The Labute approximate surface area is 208 Å². The number of fused-ring (bicyclic) bond motifs is 2. The molecule has 10 heteroatoms. The van der Waals surface area contributed by atoms with E-state index in [0.717, 1.165) is 76.5 Å². The Kier molecular flexibility index (Phi) is 5.95. The molecule has 0 atom stereocenters. The van der Waals surface area contributed by atoms with Gasteiger partial charge in [0.1, 0.15) is 16.5 Å². The average molecular weight is 496 g/mol. The van der Waals surface area contributed by atoms with Crippen LogP contribution in [0.1, 0.15) is 26.6 Å². The van der Waals surface area contributed by atoms with Crippen LogP contribution in [-0.4, -0.2) is 85.0 Å². The molecule has 0 bridgehead atoms. The van der Waals surface area contributed by atoms with Gasteiger partial charge in [-0.1, -0.05) is 6.07 Å². The summed E-state index contributed by atoms with van der Waals surface area (Å²) in [4.78, 5) is 31.3. The SMILES string of the molecule is Cc1nc(N2CCOCC2)c2c(C)c(C(=O)N3CCN(Cc4ccc5c(c4)OCO5)CC3)sc2n1. The highest BCUT2D eigenvalue weighted by molar-refractivity contribution is 7.20. The monoisotopic (exact) mass is 495 g/mol. The molecule has 2 saturated heterocycles. The van der Waals surface area contributed by atoms with E-state index in [9.17, 15) is 4.79 Å². The summed E-state index contributed by atoms with van der Waals surface area (Å²) in [5, 5.41) is 1.01. The summed E-state index contributed by atoms with van der Waals surface area (Å²) in [6.45, 7) is 11.1. The Hall–Kier alpha value is -2.95. The molecule has 0 unspecified atom stereocenters. The maximum atomic E-state index is 13.6. The quantitative estimate of drug-likeness (QED) is 0.547. The number of aryl methyl sites for hydroxylation is 2. The summed E-state index contributed by atoms with van der Waals surface area (Å²) in [7, 11) is 0. The minimum atomic E-state index is 0.0961. The third-order valence-corrected chi connectivity index (χ3v) is 8.06. The van der Waals surface area contributed by atoms with E-state index in [1.807, 2.05) is 24.8 Å². The van der Waals surface area contributed by atoms with E-state index in [2.05, 4.69) is 26.9 Å². The lowest BCUT2D eigenvalue weighted by atomic mass is 10.1. The Morgan fingerprint density at radius 1 is 1.00 bits per heavy atom. The highest BCUT2D eigenvalue weighted by atomic mass is 32.1. The highest BCUT2D eigenvalue weighted by Crippen LogP contribution is 2.37. The van der Waals surface area contributed by atoms with Crippen LogP contribution >= 0.6 is 11.3 Å². The maximum Gasteiger partial charge on any atom is 0.264 e. The number of anilines is 1. The van der Waals surface area contributed by atoms with Crippen molar-refractivity contribution in [2.24, 2.45) is 0 Å². The summed E-state index contributed by atoms with van der Waals surface area (Å²) in [6, 6.07) is 6.10. The van der Waals surface area contributed by atoms with Crippen LogP contribution in [0.5, 0.6) is 11.5 Å². The van der Waals surface area contributed by atoms with E-state index in [4.69, 9.17) is 19.2 Å². The van der Waals surface area contributed by atoms with E-state index < -0.39 is 0 Å². The van der Waals surface area contributed by atoms with Crippen molar-refractivity contribution in [3.05, 3.63) is 40.0 Å². The van der Waals surface area contributed by atoms with Crippen LogP contribution in [0.3, 0.4) is 0 Å². The van der Waals surface area contributed by atoms with Gasteiger partial charge in [-0.05, 0) is 37.1 Å². The van der Waals surface area contributed by atoms with Gasteiger partial charge in [0.2, 0.25) is 6.79 Å².